The number of aryl methyl sites for hydroxylation is 1. The molecule has 3 N–H and O–H groups in total. The van der Waals surface area contributed by atoms with Crippen molar-refractivity contribution < 1.29 is 27.6 Å². The largest absolute Gasteiger partial charge is 0.486 e. The number of carboxylic acid groups (broad SMARTS) is 1. The highest BCUT2D eigenvalue weighted by Crippen LogP contribution is 2.35. The highest BCUT2D eigenvalue weighted by Gasteiger charge is 2.21. The molecule has 0 atom stereocenters. The molecule has 0 aliphatic carbocycles. The first-order chi connectivity index (χ1) is 15.7. The maximum Gasteiger partial charge on any atom is 0.335 e. The van der Waals surface area contributed by atoms with E-state index >= 15 is 0 Å². The molecule has 4 rings (SSSR count). The molecule has 0 saturated carbocycles. The van der Waals surface area contributed by atoms with Crippen LogP contribution in [0.5, 0.6) is 5.75 Å². The van der Waals surface area contributed by atoms with Crippen LogP contribution in [0.25, 0.3) is 22.4 Å². The van der Waals surface area contributed by atoms with Crippen LogP contribution in [0, 0.1) is 6.92 Å². The molecule has 0 bridgehead atoms. The van der Waals surface area contributed by atoms with Crippen LogP contribution in [0.4, 0.5) is 0 Å². The van der Waals surface area contributed by atoms with Crippen LogP contribution in [0.2, 0.25) is 0 Å². The van der Waals surface area contributed by atoms with Gasteiger partial charge in [0.05, 0.1) is 16.0 Å². The smallest absolute Gasteiger partial charge is 0.335 e. The minimum atomic E-state index is -3.83. The maximum absolute atomic E-state index is 11.6. The Bertz CT molecular complexity index is 1410. The van der Waals surface area contributed by atoms with Crippen LogP contribution < -0.4 is 9.88 Å². The van der Waals surface area contributed by atoms with Crippen molar-refractivity contribution in [3.8, 4) is 28.1 Å². The number of sulfonamides is 1. The number of benzene rings is 3. The summed E-state index contributed by atoms with van der Waals surface area (Å²) in [6.07, 6.45) is 0. The quantitative estimate of drug-likeness (QED) is 0.418. The number of hydrogen-bond donors (Lipinski definition) is 2. The Balaban J connectivity index is 1.71. The van der Waals surface area contributed by atoms with E-state index in [1.54, 1.807) is 31.2 Å². The highest BCUT2D eigenvalue weighted by atomic mass is 32.2. The van der Waals surface area contributed by atoms with Crippen molar-refractivity contribution >= 4 is 16.0 Å². The van der Waals surface area contributed by atoms with E-state index in [1.807, 2.05) is 30.3 Å². The van der Waals surface area contributed by atoms with Crippen molar-refractivity contribution in [2.45, 2.75) is 18.4 Å². The Morgan fingerprint density at radius 1 is 1.03 bits per heavy atom. The fourth-order valence-corrected chi connectivity index (χ4v) is 3.95. The van der Waals surface area contributed by atoms with E-state index in [-0.39, 0.29) is 17.1 Å². The van der Waals surface area contributed by atoms with Gasteiger partial charge < -0.3 is 14.4 Å². The minimum absolute atomic E-state index is 0.00393. The Kier molecular flexibility index (Phi) is 5.99. The summed E-state index contributed by atoms with van der Waals surface area (Å²) in [5.41, 5.74) is 3.50. The molecule has 0 spiro atoms. The Labute approximate surface area is 190 Å². The first-order valence-electron chi connectivity index (χ1n) is 9.88. The van der Waals surface area contributed by atoms with Crippen molar-refractivity contribution in [2.24, 2.45) is 5.14 Å². The molecule has 1 heterocycles. The molecule has 168 valence electrons. The number of ether oxygens (including phenoxy) is 1. The van der Waals surface area contributed by atoms with E-state index in [1.165, 1.54) is 18.2 Å². The molecule has 33 heavy (non-hydrogen) atoms. The van der Waals surface area contributed by atoms with E-state index in [2.05, 4.69) is 5.16 Å². The molecule has 0 radical (unpaired) electrons. The van der Waals surface area contributed by atoms with Gasteiger partial charge in [-0.15, -0.1) is 0 Å². The SMILES string of the molecule is Cc1cc(OCc2onc(-c3ccccc3)c2-c2ccc(S(N)(=O)=O)cc2)ccc1C(=O)O. The van der Waals surface area contributed by atoms with E-state index in [0.717, 1.165) is 5.56 Å². The van der Waals surface area contributed by atoms with Gasteiger partial charge in [-0.3, -0.25) is 0 Å². The minimum Gasteiger partial charge on any atom is -0.486 e. The van der Waals surface area contributed by atoms with Crippen molar-refractivity contribution in [3.63, 3.8) is 0 Å². The number of aromatic nitrogens is 1. The number of nitrogens with two attached hydrogens (primary N) is 1. The second-order valence-electron chi connectivity index (χ2n) is 7.34. The zero-order valence-corrected chi connectivity index (χ0v) is 18.4. The summed E-state index contributed by atoms with van der Waals surface area (Å²) in [7, 11) is -3.83. The molecule has 3 aromatic carbocycles. The topological polar surface area (TPSA) is 133 Å². The molecule has 0 aliphatic heterocycles. The Morgan fingerprint density at radius 2 is 1.73 bits per heavy atom. The fourth-order valence-electron chi connectivity index (χ4n) is 3.44. The maximum atomic E-state index is 11.6. The number of nitrogens with zero attached hydrogens (tertiary/aromatic N) is 1. The number of carboxylic acids is 1. The molecule has 0 saturated heterocycles. The molecular formula is C24H20N2O6S. The van der Waals surface area contributed by atoms with Gasteiger partial charge in [0.25, 0.3) is 0 Å². The first kappa shape index (κ1) is 22.3. The molecule has 0 unspecified atom stereocenters. The van der Waals surface area contributed by atoms with Gasteiger partial charge in [-0.05, 0) is 48.4 Å². The lowest BCUT2D eigenvalue weighted by molar-refractivity contribution is 0.0696. The lowest BCUT2D eigenvalue weighted by Crippen LogP contribution is -2.11. The standard InChI is InChI=1S/C24H20N2O6S/c1-15-13-18(9-12-20(15)24(27)28)31-14-21-22(16-7-10-19(11-8-16)33(25,29)30)23(26-32-21)17-5-3-2-4-6-17/h2-13H,14H2,1H3,(H,27,28)(H2,25,29,30). The van der Waals surface area contributed by atoms with Crippen molar-refractivity contribution in [2.75, 3.05) is 0 Å². The molecule has 0 aliphatic rings. The normalized spacial score (nSPS) is 11.3. The van der Waals surface area contributed by atoms with Crippen molar-refractivity contribution in [3.05, 3.63) is 89.7 Å². The molecule has 1 aromatic heterocycles. The van der Waals surface area contributed by atoms with Gasteiger partial charge in [0.2, 0.25) is 10.0 Å². The zero-order valence-electron chi connectivity index (χ0n) is 17.6. The third-order valence-electron chi connectivity index (χ3n) is 5.08. The predicted octanol–water partition coefficient (Wildman–Crippen LogP) is 4.24. The number of aromatic carboxylic acids is 1. The van der Waals surface area contributed by atoms with Crippen LogP contribution in [-0.4, -0.2) is 24.7 Å². The monoisotopic (exact) mass is 464 g/mol. The van der Waals surface area contributed by atoms with Crippen LogP contribution in [0.3, 0.4) is 0 Å². The second-order valence-corrected chi connectivity index (χ2v) is 8.90. The van der Waals surface area contributed by atoms with Crippen LogP contribution in [0.1, 0.15) is 21.7 Å². The van der Waals surface area contributed by atoms with Crippen molar-refractivity contribution in [1.29, 1.82) is 0 Å². The second kappa shape index (κ2) is 8.89. The Hall–Kier alpha value is -3.95. The van der Waals surface area contributed by atoms with Gasteiger partial charge in [-0.25, -0.2) is 18.4 Å². The molecule has 9 heteroatoms. The zero-order chi connectivity index (χ0) is 23.6. The number of hydrogen-bond acceptors (Lipinski definition) is 6. The molecular weight excluding hydrogens is 444 g/mol. The molecule has 8 nitrogen and oxygen atoms in total. The number of primary sulfonamides is 1. The summed E-state index contributed by atoms with van der Waals surface area (Å²) in [5, 5.41) is 18.6. The highest BCUT2D eigenvalue weighted by molar-refractivity contribution is 7.89. The lowest BCUT2D eigenvalue weighted by atomic mass is 9.99. The number of rotatable bonds is 7. The van der Waals surface area contributed by atoms with Crippen LogP contribution >= 0.6 is 0 Å². The first-order valence-corrected chi connectivity index (χ1v) is 11.4. The lowest BCUT2D eigenvalue weighted by Gasteiger charge is -2.09. The summed E-state index contributed by atoms with van der Waals surface area (Å²) in [6.45, 7) is 1.72. The van der Waals surface area contributed by atoms with Gasteiger partial charge >= 0.3 is 5.97 Å². The van der Waals surface area contributed by atoms with E-state index in [4.69, 9.17) is 14.4 Å². The number of carbonyl (C=O) groups is 1. The predicted molar refractivity (Wildman–Crippen MR) is 121 cm³/mol. The third-order valence-corrected chi connectivity index (χ3v) is 6.01. The van der Waals surface area contributed by atoms with Crippen molar-refractivity contribution in [1.82, 2.24) is 5.16 Å². The Morgan fingerprint density at radius 3 is 2.33 bits per heavy atom. The van der Waals surface area contributed by atoms with Gasteiger partial charge in [0.15, 0.2) is 5.76 Å². The summed E-state index contributed by atoms with van der Waals surface area (Å²) in [5.74, 6) is -0.102. The summed E-state index contributed by atoms with van der Waals surface area (Å²) in [4.78, 5) is 11.2. The molecule has 0 amide bonds. The summed E-state index contributed by atoms with van der Waals surface area (Å²) >= 11 is 0. The summed E-state index contributed by atoms with van der Waals surface area (Å²) in [6, 6.07) is 20.2. The van der Waals surface area contributed by atoms with E-state index < -0.39 is 16.0 Å². The van der Waals surface area contributed by atoms with Crippen LogP contribution in [0.15, 0.2) is 82.2 Å². The van der Waals surface area contributed by atoms with Gasteiger partial charge in [-0.1, -0.05) is 47.6 Å². The van der Waals surface area contributed by atoms with Gasteiger partial charge in [-0.2, -0.15) is 0 Å². The molecule has 0 fully saturated rings. The average Bonchev–Trinajstić information content (AvgIpc) is 3.21. The fraction of sp³-hybridized carbons (Fsp3) is 0.0833. The van der Waals surface area contributed by atoms with Crippen LogP contribution in [-0.2, 0) is 16.6 Å². The average molecular weight is 464 g/mol. The summed E-state index contributed by atoms with van der Waals surface area (Å²) < 4.78 is 34.7. The van der Waals surface area contributed by atoms with Gasteiger partial charge in [0, 0.05) is 5.56 Å². The third kappa shape index (κ3) is 4.79. The van der Waals surface area contributed by atoms with Gasteiger partial charge in [0.1, 0.15) is 18.1 Å². The van der Waals surface area contributed by atoms with E-state index in [0.29, 0.717) is 33.9 Å². The van der Waals surface area contributed by atoms with E-state index in [9.17, 15) is 18.3 Å². The molecule has 4 aromatic rings.